The van der Waals surface area contributed by atoms with Gasteiger partial charge in [0.2, 0.25) is 5.91 Å². The number of rotatable bonds is 4. The van der Waals surface area contributed by atoms with Gasteiger partial charge < -0.3 is 15.2 Å². The van der Waals surface area contributed by atoms with Crippen LogP contribution in [-0.4, -0.2) is 51.4 Å². The smallest absolute Gasteiger partial charge is 0.354 e. The van der Waals surface area contributed by atoms with Gasteiger partial charge >= 0.3 is 6.18 Å². The minimum atomic E-state index is -4.33. The Bertz CT molecular complexity index is 1000. The second-order valence-corrected chi connectivity index (χ2v) is 6.94. The average Bonchev–Trinajstić information content (AvgIpc) is 3.15. The minimum Gasteiger partial charge on any atom is -0.354 e. The molecule has 28 heavy (non-hydrogen) atoms. The van der Waals surface area contributed by atoms with Gasteiger partial charge in [-0.1, -0.05) is 0 Å². The van der Waals surface area contributed by atoms with Crippen molar-refractivity contribution in [1.82, 2.24) is 25.5 Å². The van der Waals surface area contributed by atoms with Crippen molar-refractivity contribution < 1.29 is 18.0 Å². The summed E-state index contributed by atoms with van der Waals surface area (Å²) >= 11 is 0. The number of halogens is 3. The normalized spacial score (nSPS) is 18.0. The number of alkyl halides is 3. The predicted molar refractivity (Wildman–Crippen MR) is 97.9 cm³/mol. The molecule has 4 heterocycles. The molecule has 1 fully saturated rings. The number of carbonyl (C=O) groups is 1. The van der Waals surface area contributed by atoms with Gasteiger partial charge in [0.1, 0.15) is 5.82 Å². The number of aromatic amines is 1. The van der Waals surface area contributed by atoms with Gasteiger partial charge in [-0.25, -0.2) is 4.98 Å². The number of aromatic nitrogens is 4. The predicted octanol–water partition coefficient (Wildman–Crippen LogP) is 2.93. The lowest BCUT2D eigenvalue weighted by molar-refractivity contribution is -0.144. The lowest BCUT2D eigenvalue weighted by Gasteiger charge is -2.34. The number of piperidine rings is 1. The average molecular weight is 392 g/mol. The molecule has 3 aromatic rings. The molecule has 0 bridgehead atoms. The van der Waals surface area contributed by atoms with Crippen molar-refractivity contribution in [2.45, 2.75) is 37.9 Å². The summed E-state index contributed by atoms with van der Waals surface area (Å²) in [6.45, 7) is 1.23. The summed E-state index contributed by atoms with van der Waals surface area (Å²) in [4.78, 5) is 21.5. The highest BCUT2D eigenvalue weighted by molar-refractivity contribution is 6.08. The summed E-state index contributed by atoms with van der Waals surface area (Å²) < 4.78 is 37.0. The van der Waals surface area contributed by atoms with E-state index in [0.717, 1.165) is 36.0 Å². The molecule has 1 aliphatic rings. The summed E-state index contributed by atoms with van der Waals surface area (Å²) in [7, 11) is 0. The quantitative estimate of drug-likeness (QED) is 0.713. The van der Waals surface area contributed by atoms with Crippen LogP contribution in [0.25, 0.3) is 21.9 Å². The van der Waals surface area contributed by atoms with Crippen molar-refractivity contribution in [3.8, 4) is 0 Å². The third-order valence-electron chi connectivity index (χ3n) is 4.88. The molecule has 1 unspecified atom stereocenters. The Labute approximate surface area is 158 Å². The summed E-state index contributed by atoms with van der Waals surface area (Å²) in [6.07, 6.45) is -1.01. The van der Waals surface area contributed by atoms with Gasteiger partial charge in [0.25, 0.3) is 0 Å². The van der Waals surface area contributed by atoms with Crippen LogP contribution in [0.3, 0.4) is 0 Å². The number of hydrogen-bond donors (Lipinski definition) is 2. The molecule has 7 nitrogen and oxygen atoms in total. The topological polar surface area (TPSA) is 86.8 Å². The minimum absolute atomic E-state index is 0.219. The number of amides is 1. The number of carbonyl (C=O) groups excluding carboxylic acids is 1. The molecule has 2 N–H and O–H groups in total. The van der Waals surface area contributed by atoms with Crippen molar-refractivity contribution in [2.24, 2.45) is 0 Å². The number of fused-ring (bicyclic) bond motifs is 3. The van der Waals surface area contributed by atoms with Crippen molar-refractivity contribution in [3.05, 3.63) is 24.5 Å². The standard InChI is InChI=1S/C18H19F3N6O/c19-18(20,21)6-3-14(28)24-11-2-1-9-27(10-11)17-15-12-4-7-22-16(12)26-25-13(15)5-8-23-17/h4-5,7-8,11H,1-3,6,9-10H2,(H,22,26)(H,24,28). The van der Waals surface area contributed by atoms with Gasteiger partial charge in [-0.2, -0.15) is 13.2 Å². The number of pyridine rings is 1. The van der Waals surface area contributed by atoms with Crippen molar-refractivity contribution in [1.29, 1.82) is 0 Å². The van der Waals surface area contributed by atoms with E-state index in [9.17, 15) is 18.0 Å². The molecule has 0 aliphatic carbocycles. The molecular weight excluding hydrogens is 373 g/mol. The van der Waals surface area contributed by atoms with E-state index in [1.807, 2.05) is 6.07 Å². The molecular formula is C18H19F3N6O. The van der Waals surface area contributed by atoms with Crippen LogP contribution in [0.15, 0.2) is 24.5 Å². The first-order chi connectivity index (χ1) is 13.4. The molecule has 1 aliphatic heterocycles. The molecule has 148 valence electrons. The first kappa shape index (κ1) is 18.5. The number of nitrogens with zero attached hydrogens (tertiary/aromatic N) is 4. The molecule has 1 atom stereocenters. The maximum Gasteiger partial charge on any atom is 0.389 e. The number of hydrogen-bond acceptors (Lipinski definition) is 5. The molecule has 1 saturated heterocycles. The van der Waals surface area contributed by atoms with Gasteiger partial charge in [0.05, 0.1) is 17.3 Å². The van der Waals surface area contributed by atoms with Crippen LogP contribution in [-0.2, 0) is 4.79 Å². The maximum absolute atomic E-state index is 12.3. The van der Waals surface area contributed by atoms with Gasteiger partial charge in [-0.3, -0.25) is 4.79 Å². The van der Waals surface area contributed by atoms with E-state index in [-0.39, 0.29) is 6.04 Å². The summed E-state index contributed by atoms with van der Waals surface area (Å²) in [6, 6.07) is 3.49. The van der Waals surface area contributed by atoms with Crippen molar-refractivity contribution in [2.75, 3.05) is 18.0 Å². The first-order valence-electron chi connectivity index (χ1n) is 9.10. The highest BCUT2D eigenvalue weighted by Crippen LogP contribution is 2.31. The third kappa shape index (κ3) is 3.85. The largest absolute Gasteiger partial charge is 0.389 e. The Kier molecular flexibility index (Phi) is 4.78. The molecule has 0 radical (unpaired) electrons. The van der Waals surface area contributed by atoms with Gasteiger partial charge in [-0.05, 0) is 25.0 Å². The number of nitrogens with one attached hydrogen (secondary N) is 2. The van der Waals surface area contributed by atoms with Crippen LogP contribution in [0, 0.1) is 0 Å². The third-order valence-corrected chi connectivity index (χ3v) is 4.88. The lowest BCUT2D eigenvalue weighted by Crippen LogP contribution is -2.48. The fourth-order valence-electron chi connectivity index (χ4n) is 3.61. The van der Waals surface area contributed by atoms with Gasteiger partial charge in [0.15, 0.2) is 5.65 Å². The Morgan fingerprint density at radius 3 is 3.00 bits per heavy atom. The van der Waals surface area contributed by atoms with E-state index in [0.29, 0.717) is 17.7 Å². The zero-order valence-electron chi connectivity index (χ0n) is 15.0. The fraction of sp³-hybridized carbons (Fsp3) is 0.444. The van der Waals surface area contributed by atoms with E-state index in [4.69, 9.17) is 0 Å². The fourth-order valence-corrected chi connectivity index (χ4v) is 3.61. The Balaban J connectivity index is 1.54. The van der Waals surface area contributed by atoms with Crippen molar-refractivity contribution >= 4 is 33.7 Å². The molecule has 0 aromatic carbocycles. The van der Waals surface area contributed by atoms with Crippen molar-refractivity contribution in [3.63, 3.8) is 0 Å². The van der Waals surface area contributed by atoms with E-state index in [1.54, 1.807) is 18.5 Å². The summed E-state index contributed by atoms with van der Waals surface area (Å²) in [5.74, 6) is 0.167. The Morgan fingerprint density at radius 2 is 2.18 bits per heavy atom. The van der Waals surface area contributed by atoms with Gasteiger partial charge in [-0.15, -0.1) is 10.2 Å². The van der Waals surface area contributed by atoms with E-state index in [1.165, 1.54) is 0 Å². The zero-order chi connectivity index (χ0) is 19.7. The van der Waals surface area contributed by atoms with Crippen LogP contribution < -0.4 is 10.2 Å². The number of anilines is 1. The molecule has 4 rings (SSSR count). The van der Waals surface area contributed by atoms with Crippen LogP contribution in [0.5, 0.6) is 0 Å². The van der Waals surface area contributed by atoms with Crippen LogP contribution in [0.2, 0.25) is 0 Å². The molecule has 0 saturated carbocycles. The molecule has 3 aromatic heterocycles. The maximum atomic E-state index is 12.3. The molecule has 0 spiro atoms. The lowest BCUT2D eigenvalue weighted by atomic mass is 10.0. The number of H-pyrrole nitrogens is 1. The second kappa shape index (κ2) is 7.25. The van der Waals surface area contributed by atoms with Gasteiger partial charge in [0, 0.05) is 43.3 Å². The zero-order valence-corrected chi connectivity index (χ0v) is 15.0. The SMILES string of the molecule is O=C(CCC(F)(F)F)NC1CCCN(c2nccc3nnc4[nH]ccc4c23)C1. The molecule has 10 heteroatoms. The summed E-state index contributed by atoms with van der Waals surface area (Å²) in [5.41, 5.74) is 1.38. The van der Waals surface area contributed by atoms with E-state index >= 15 is 0 Å². The monoisotopic (exact) mass is 392 g/mol. The first-order valence-corrected chi connectivity index (χ1v) is 9.10. The highest BCUT2D eigenvalue weighted by atomic mass is 19.4. The van der Waals surface area contributed by atoms with E-state index < -0.39 is 24.9 Å². The van der Waals surface area contributed by atoms with E-state index in [2.05, 4.69) is 30.4 Å². The van der Waals surface area contributed by atoms with Crippen LogP contribution in [0.1, 0.15) is 25.7 Å². The second-order valence-electron chi connectivity index (χ2n) is 6.94. The highest BCUT2D eigenvalue weighted by Gasteiger charge is 2.29. The molecule has 1 amide bonds. The Hall–Kier alpha value is -2.91. The Morgan fingerprint density at radius 1 is 1.32 bits per heavy atom. The van der Waals surface area contributed by atoms with Crippen LogP contribution >= 0.6 is 0 Å². The van der Waals surface area contributed by atoms with Crippen LogP contribution in [0.4, 0.5) is 19.0 Å². The summed E-state index contributed by atoms with van der Waals surface area (Å²) in [5, 5.41) is 12.9.